The fraction of sp³-hybridized carbons (Fsp3) is 0.625. The van der Waals surface area contributed by atoms with Crippen molar-refractivity contribution in [2.45, 2.75) is 102 Å². The number of carbonyl (C=O) groups is 3. The van der Waals surface area contributed by atoms with Gasteiger partial charge in [-0.05, 0) is 75.4 Å². The van der Waals surface area contributed by atoms with E-state index in [2.05, 4.69) is 90.5 Å². The standard InChI is InChI=1S/C40H62N2O5S/c1-2-3-4-5-6-7-8-9-10-11-12-13-14-15-16-17-18-19-20-24-39(44)41-26-28-46-30-31-47-29-27-42-40(45)25-22-21-23-38-37-33-36(43)32-35(37)34-48-38/h3-4,6-7,9-10,12-13,15-16,18-19,35,37-38H,2,5,8,11,14,17,20-34H2,1H3,(H,41,44)(H,42,45)/b4-3+,7-6+,10-9+,13-12+,16-15+,19-18+/t35-,37-,38-/m0/s1. The lowest BCUT2D eigenvalue weighted by atomic mass is 9.92. The van der Waals surface area contributed by atoms with Crippen LogP contribution in [0.3, 0.4) is 0 Å². The quantitative estimate of drug-likeness (QED) is 0.0642. The first-order valence-electron chi connectivity index (χ1n) is 18.3. The molecular weight excluding hydrogens is 621 g/mol. The van der Waals surface area contributed by atoms with Crippen molar-refractivity contribution in [3.05, 3.63) is 72.9 Å². The molecule has 0 aromatic carbocycles. The number of nitrogens with one attached hydrogen (secondary N) is 2. The fourth-order valence-electron chi connectivity index (χ4n) is 5.75. The second-order valence-electron chi connectivity index (χ2n) is 12.4. The first-order chi connectivity index (χ1) is 23.6. The third-order valence-electron chi connectivity index (χ3n) is 8.35. The van der Waals surface area contributed by atoms with Crippen molar-refractivity contribution in [1.29, 1.82) is 0 Å². The van der Waals surface area contributed by atoms with Crippen LogP contribution in [0, 0.1) is 11.8 Å². The van der Waals surface area contributed by atoms with E-state index in [0.717, 1.165) is 82.8 Å². The van der Waals surface area contributed by atoms with Crippen molar-refractivity contribution in [1.82, 2.24) is 10.6 Å². The van der Waals surface area contributed by atoms with Crippen LogP contribution < -0.4 is 10.6 Å². The van der Waals surface area contributed by atoms with Crippen molar-refractivity contribution < 1.29 is 23.9 Å². The molecule has 0 aromatic rings. The summed E-state index contributed by atoms with van der Waals surface area (Å²) < 4.78 is 11.0. The highest BCUT2D eigenvalue weighted by Gasteiger charge is 2.42. The van der Waals surface area contributed by atoms with Crippen molar-refractivity contribution >= 4 is 29.4 Å². The maximum absolute atomic E-state index is 12.1. The smallest absolute Gasteiger partial charge is 0.220 e. The minimum atomic E-state index is 0.0292. The molecular formula is C40H62N2O5S. The Bertz CT molecular complexity index is 1060. The second kappa shape index (κ2) is 29.3. The lowest BCUT2D eigenvalue weighted by Crippen LogP contribution is -2.28. The van der Waals surface area contributed by atoms with Crippen molar-refractivity contribution in [2.24, 2.45) is 11.8 Å². The largest absolute Gasteiger partial charge is 0.377 e. The summed E-state index contributed by atoms with van der Waals surface area (Å²) in [5, 5.41) is 6.40. The summed E-state index contributed by atoms with van der Waals surface area (Å²) in [5.41, 5.74) is 0. The van der Waals surface area contributed by atoms with Gasteiger partial charge in [0.2, 0.25) is 11.8 Å². The number of carbonyl (C=O) groups excluding carboxylic acids is 3. The van der Waals surface area contributed by atoms with Gasteiger partial charge < -0.3 is 20.1 Å². The molecule has 2 amide bonds. The first kappa shape index (κ1) is 41.5. The molecule has 48 heavy (non-hydrogen) atoms. The number of hydrogen-bond donors (Lipinski definition) is 2. The average molecular weight is 683 g/mol. The van der Waals surface area contributed by atoms with E-state index >= 15 is 0 Å². The Morgan fingerprint density at radius 1 is 0.688 bits per heavy atom. The van der Waals surface area contributed by atoms with Gasteiger partial charge in [-0.1, -0.05) is 86.3 Å². The maximum Gasteiger partial charge on any atom is 0.220 e. The van der Waals surface area contributed by atoms with E-state index in [1.807, 2.05) is 11.8 Å². The van der Waals surface area contributed by atoms with Gasteiger partial charge in [0.15, 0.2) is 0 Å². The molecule has 2 aliphatic rings. The number of ether oxygens (including phenoxy) is 2. The fourth-order valence-corrected chi connectivity index (χ4v) is 7.51. The van der Waals surface area contributed by atoms with E-state index in [1.54, 1.807) is 0 Å². The van der Waals surface area contributed by atoms with Gasteiger partial charge in [0.1, 0.15) is 5.78 Å². The summed E-state index contributed by atoms with van der Waals surface area (Å²) >= 11 is 2.03. The van der Waals surface area contributed by atoms with Gasteiger partial charge in [-0.15, -0.1) is 0 Å². The molecule has 1 saturated carbocycles. The van der Waals surface area contributed by atoms with Gasteiger partial charge in [0, 0.05) is 44.0 Å². The van der Waals surface area contributed by atoms with Gasteiger partial charge in [0.25, 0.3) is 0 Å². The van der Waals surface area contributed by atoms with E-state index in [4.69, 9.17) is 9.47 Å². The highest BCUT2D eigenvalue weighted by molar-refractivity contribution is 8.00. The van der Waals surface area contributed by atoms with Crippen molar-refractivity contribution in [2.75, 3.05) is 45.3 Å². The van der Waals surface area contributed by atoms with Gasteiger partial charge in [-0.3, -0.25) is 14.4 Å². The molecule has 2 fully saturated rings. The van der Waals surface area contributed by atoms with Crippen molar-refractivity contribution in [3.63, 3.8) is 0 Å². The van der Waals surface area contributed by atoms with Crippen LogP contribution in [0.25, 0.3) is 0 Å². The van der Waals surface area contributed by atoms with Crippen LogP contribution in [-0.4, -0.2) is 68.1 Å². The van der Waals surface area contributed by atoms with E-state index in [-0.39, 0.29) is 11.8 Å². The van der Waals surface area contributed by atoms with Crippen LogP contribution in [0.5, 0.6) is 0 Å². The molecule has 0 spiro atoms. The Kier molecular flexibility index (Phi) is 25.3. The lowest BCUT2D eigenvalue weighted by Gasteiger charge is -2.16. The zero-order valence-corrected chi connectivity index (χ0v) is 30.3. The highest BCUT2D eigenvalue weighted by Crippen LogP contribution is 2.47. The Labute approximate surface area is 295 Å². The van der Waals surface area contributed by atoms with Crippen molar-refractivity contribution in [3.8, 4) is 0 Å². The van der Waals surface area contributed by atoms with Crippen LogP contribution in [0.4, 0.5) is 0 Å². The molecule has 0 radical (unpaired) electrons. The molecule has 7 nitrogen and oxygen atoms in total. The molecule has 3 atom stereocenters. The second-order valence-corrected chi connectivity index (χ2v) is 13.6. The van der Waals surface area contributed by atoms with E-state index in [1.165, 1.54) is 0 Å². The third kappa shape index (κ3) is 22.0. The Hall–Kier alpha value is -2.68. The number of amides is 2. The molecule has 8 heteroatoms. The zero-order chi connectivity index (χ0) is 34.3. The van der Waals surface area contributed by atoms with Gasteiger partial charge in [-0.2, -0.15) is 11.8 Å². The SMILES string of the molecule is CC/C=C/C/C=C/C/C=C/C/C=C/C/C=C/C/C=C/CCC(=O)NCCOCCOCCNC(=O)CCCC[C@@H]1SC[C@@H]2CC(=O)C[C@@H]21. The number of Topliss-reactive ketones (excluding diaryl/α,β-unsaturated/α-hetero) is 1. The summed E-state index contributed by atoms with van der Waals surface area (Å²) in [6.45, 7) is 4.94. The number of hydrogen-bond acceptors (Lipinski definition) is 6. The molecule has 1 aliphatic heterocycles. The lowest BCUT2D eigenvalue weighted by molar-refractivity contribution is -0.122. The summed E-state index contributed by atoms with van der Waals surface area (Å²) in [4.78, 5) is 35.7. The molecule has 1 saturated heterocycles. The van der Waals surface area contributed by atoms with Crippen LogP contribution in [-0.2, 0) is 23.9 Å². The minimum absolute atomic E-state index is 0.0292. The average Bonchev–Trinajstić information content (AvgIpc) is 3.64. The number of unbranched alkanes of at least 4 members (excludes halogenated alkanes) is 1. The zero-order valence-electron chi connectivity index (χ0n) is 29.5. The maximum atomic E-state index is 12.1. The Balaban J connectivity index is 1.28. The molecule has 2 rings (SSSR count). The number of allylic oxidation sites excluding steroid dienone is 12. The molecule has 0 bridgehead atoms. The number of ketones is 1. The molecule has 0 aromatic heterocycles. The molecule has 268 valence electrons. The minimum Gasteiger partial charge on any atom is -0.377 e. The summed E-state index contributed by atoms with van der Waals surface area (Å²) in [6, 6.07) is 0. The highest BCUT2D eigenvalue weighted by atomic mass is 32.2. The number of fused-ring (bicyclic) bond motifs is 1. The topological polar surface area (TPSA) is 93.7 Å². The predicted molar refractivity (Wildman–Crippen MR) is 201 cm³/mol. The van der Waals surface area contributed by atoms with E-state index in [0.29, 0.717) is 75.2 Å². The van der Waals surface area contributed by atoms with Gasteiger partial charge >= 0.3 is 0 Å². The van der Waals surface area contributed by atoms with Gasteiger partial charge in [-0.25, -0.2) is 0 Å². The summed E-state index contributed by atoms with van der Waals surface area (Å²) in [7, 11) is 0. The van der Waals surface area contributed by atoms with E-state index in [9.17, 15) is 14.4 Å². The summed E-state index contributed by atoms with van der Waals surface area (Å²) in [6.07, 6.45) is 38.3. The Morgan fingerprint density at radius 2 is 1.21 bits per heavy atom. The summed E-state index contributed by atoms with van der Waals surface area (Å²) in [5.74, 6) is 2.87. The predicted octanol–water partition coefficient (Wildman–Crippen LogP) is 8.00. The van der Waals surface area contributed by atoms with Crippen LogP contribution in [0.2, 0.25) is 0 Å². The third-order valence-corrected chi connectivity index (χ3v) is 9.98. The number of rotatable bonds is 28. The van der Waals surface area contributed by atoms with Crippen LogP contribution in [0.15, 0.2) is 72.9 Å². The first-order valence-corrected chi connectivity index (χ1v) is 19.4. The van der Waals surface area contributed by atoms with Gasteiger partial charge in [0.05, 0.1) is 26.4 Å². The molecule has 0 unspecified atom stereocenters. The monoisotopic (exact) mass is 682 g/mol. The molecule has 1 aliphatic carbocycles. The van der Waals surface area contributed by atoms with E-state index < -0.39 is 0 Å². The number of thioether (sulfide) groups is 1. The van der Waals surface area contributed by atoms with Crippen LogP contribution >= 0.6 is 11.8 Å². The van der Waals surface area contributed by atoms with Crippen LogP contribution in [0.1, 0.15) is 96.8 Å². The molecule has 1 heterocycles. The Morgan fingerprint density at radius 3 is 1.77 bits per heavy atom. The normalized spacial score (nSPS) is 19.8. The molecule has 2 N–H and O–H groups in total.